The fourth-order valence-electron chi connectivity index (χ4n) is 3.99. The van der Waals surface area contributed by atoms with Crippen molar-refractivity contribution in [3.8, 4) is 28.3 Å². The van der Waals surface area contributed by atoms with E-state index in [2.05, 4.69) is 20.7 Å². The summed E-state index contributed by atoms with van der Waals surface area (Å²) in [5, 5.41) is 19.0. The smallest absolute Gasteiger partial charge is 0.304 e. The number of pyridine rings is 1. The van der Waals surface area contributed by atoms with Crippen LogP contribution >= 0.6 is 23.2 Å². The molecule has 0 aliphatic heterocycles. The van der Waals surface area contributed by atoms with Gasteiger partial charge in [-0.2, -0.15) is 5.10 Å². The van der Waals surface area contributed by atoms with Crippen LogP contribution in [-0.4, -0.2) is 45.4 Å². The third-order valence-electron chi connectivity index (χ3n) is 6.03. The summed E-state index contributed by atoms with van der Waals surface area (Å²) in [4.78, 5) is 40.4. The van der Waals surface area contributed by atoms with Crippen LogP contribution in [0.2, 0.25) is 10.0 Å². The minimum absolute atomic E-state index is 0.00578. The Morgan fingerprint density at radius 2 is 1.70 bits per heavy atom. The van der Waals surface area contributed by atoms with E-state index in [0.717, 1.165) is 10.2 Å². The summed E-state index contributed by atoms with van der Waals surface area (Å²) >= 11 is 13.6. The molecule has 0 bridgehead atoms. The number of aliphatic carboxylic acids is 1. The summed E-state index contributed by atoms with van der Waals surface area (Å²) < 4.78 is 6.54. The fraction of sp³-hybridized carbons (Fsp3) is 0.179. The van der Waals surface area contributed by atoms with Gasteiger partial charge in [0.2, 0.25) is 5.88 Å². The van der Waals surface area contributed by atoms with Gasteiger partial charge in [-0.3, -0.25) is 14.4 Å². The van der Waals surface area contributed by atoms with Gasteiger partial charge in [-0.15, -0.1) is 0 Å². The predicted molar refractivity (Wildman–Crippen MR) is 153 cm³/mol. The number of methoxy groups -OCH3 is 1. The van der Waals surface area contributed by atoms with Gasteiger partial charge in [0.25, 0.3) is 11.5 Å². The molecule has 2 aromatic carbocycles. The highest BCUT2D eigenvalue weighted by Gasteiger charge is 2.19. The van der Waals surface area contributed by atoms with E-state index in [9.17, 15) is 14.4 Å². The van der Waals surface area contributed by atoms with E-state index in [1.165, 1.54) is 26.4 Å². The van der Waals surface area contributed by atoms with Crippen molar-refractivity contribution in [1.29, 1.82) is 0 Å². The molecule has 0 saturated carbocycles. The number of ether oxygens (including phenoxy) is 1. The number of anilines is 1. The van der Waals surface area contributed by atoms with Gasteiger partial charge in [-0.25, -0.2) is 9.67 Å². The maximum Gasteiger partial charge on any atom is 0.304 e. The fourth-order valence-corrected chi connectivity index (χ4v) is 4.59. The first-order chi connectivity index (χ1) is 19.2. The highest BCUT2D eigenvalue weighted by molar-refractivity contribution is 6.39. The molecule has 0 radical (unpaired) electrons. The van der Waals surface area contributed by atoms with Crippen molar-refractivity contribution in [2.45, 2.75) is 13.0 Å². The van der Waals surface area contributed by atoms with Crippen molar-refractivity contribution in [1.82, 2.24) is 20.1 Å². The highest BCUT2D eigenvalue weighted by Crippen LogP contribution is 2.41. The maximum atomic E-state index is 12.8. The van der Waals surface area contributed by atoms with E-state index in [1.54, 1.807) is 30.3 Å². The zero-order valence-corrected chi connectivity index (χ0v) is 23.1. The molecule has 0 atom stereocenters. The van der Waals surface area contributed by atoms with Gasteiger partial charge in [0.1, 0.15) is 5.56 Å². The first-order valence-corrected chi connectivity index (χ1v) is 12.8. The number of amides is 1. The molecule has 1 amide bonds. The van der Waals surface area contributed by atoms with Gasteiger partial charge in [-0.05, 0) is 18.2 Å². The van der Waals surface area contributed by atoms with E-state index >= 15 is 0 Å². The Hall–Kier alpha value is -4.25. The Balaban J connectivity index is 1.63. The van der Waals surface area contributed by atoms with E-state index < -0.39 is 17.4 Å². The molecule has 0 unspecified atom stereocenters. The Bertz CT molecular complexity index is 1640. The molecule has 0 fully saturated rings. The standard InChI is InChI=1S/C28H25Cl2N5O5/c1-35-28(39)20(11-14-32-35)26(38)33-22-8-4-6-18(25(22)30)17-5-3-7-19(24(17)29)21-10-9-16(27(34-21)40-2)15-31-13-12-23(36)37/h3-11,14,31H,12-13,15H2,1-2H3,(H,33,38)(H,36,37). The molecule has 0 aliphatic rings. The van der Waals surface area contributed by atoms with Crippen molar-refractivity contribution in [3.05, 3.63) is 92.3 Å². The number of carboxylic acid groups (broad SMARTS) is 1. The molecular weight excluding hydrogens is 557 g/mol. The summed E-state index contributed by atoms with van der Waals surface area (Å²) in [6.07, 6.45) is 1.37. The summed E-state index contributed by atoms with van der Waals surface area (Å²) in [6.45, 7) is 0.699. The number of hydrogen-bond donors (Lipinski definition) is 3. The van der Waals surface area contributed by atoms with Gasteiger partial charge in [0, 0.05) is 48.6 Å². The van der Waals surface area contributed by atoms with Gasteiger partial charge in [-0.1, -0.05) is 59.6 Å². The number of carboxylic acids is 1. The predicted octanol–water partition coefficient (Wildman–Crippen LogP) is 4.64. The van der Waals surface area contributed by atoms with E-state index in [0.29, 0.717) is 52.1 Å². The monoisotopic (exact) mass is 581 g/mol. The second-order valence-electron chi connectivity index (χ2n) is 8.65. The quantitative estimate of drug-likeness (QED) is 0.230. The lowest BCUT2D eigenvalue weighted by Gasteiger charge is -2.15. The Kier molecular flexibility index (Phi) is 9.15. The van der Waals surface area contributed by atoms with Crippen LogP contribution in [0.1, 0.15) is 22.3 Å². The number of nitrogens with zero attached hydrogens (tertiary/aromatic N) is 3. The molecule has 0 spiro atoms. The molecule has 40 heavy (non-hydrogen) atoms. The number of aryl methyl sites for hydroxylation is 1. The van der Waals surface area contributed by atoms with Gasteiger partial charge in [0.05, 0.1) is 35.0 Å². The summed E-state index contributed by atoms with van der Waals surface area (Å²) in [5.41, 5.74) is 2.84. The topological polar surface area (TPSA) is 135 Å². The van der Waals surface area contributed by atoms with Gasteiger partial charge in [0.15, 0.2) is 0 Å². The molecule has 4 aromatic rings. The molecule has 2 aromatic heterocycles. The average Bonchev–Trinajstić information content (AvgIpc) is 2.94. The van der Waals surface area contributed by atoms with E-state index in [4.69, 9.17) is 33.0 Å². The lowest BCUT2D eigenvalue weighted by Crippen LogP contribution is -2.28. The third-order valence-corrected chi connectivity index (χ3v) is 6.84. The molecule has 4 rings (SSSR count). The first kappa shape index (κ1) is 28.8. The lowest BCUT2D eigenvalue weighted by atomic mass is 10.00. The number of hydrogen-bond acceptors (Lipinski definition) is 7. The second-order valence-corrected chi connectivity index (χ2v) is 9.40. The molecule has 206 valence electrons. The number of benzene rings is 2. The van der Waals surface area contributed by atoms with E-state index in [1.807, 2.05) is 18.2 Å². The number of aromatic nitrogens is 3. The van der Waals surface area contributed by atoms with E-state index in [-0.39, 0.29) is 17.0 Å². The van der Waals surface area contributed by atoms with Crippen LogP contribution in [0.5, 0.6) is 5.88 Å². The number of halogens is 2. The van der Waals surface area contributed by atoms with Crippen LogP contribution in [0.3, 0.4) is 0 Å². The first-order valence-electron chi connectivity index (χ1n) is 12.1. The van der Waals surface area contributed by atoms with Crippen LogP contribution in [0.15, 0.2) is 65.6 Å². The molecule has 3 N–H and O–H groups in total. The van der Waals surface area contributed by atoms with Crippen molar-refractivity contribution in [2.24, 2.45) is 7.05 Å². The summed E-state index contributed by atoms with van der Waals surface area (Å²) in [6, 6.07) is 15.5. The molecule has 2 heterocycles. The number of carbonyl (C=O) groups excluding carboxylic acids is 1. The molecular formula is C28H25Cl2N5O5. The zero-order valence-electron chi connectivity index (χ0n) is 21.6. The van der Waals surface area contributed by atoms with Gasteiger partial charge < -0.3 is 20.5 Å². The number of rotatable bonds is 10. The third kappa shape index (κ3) is 6.31. The second kappa shape index (κ2) is 12.7. The molecule has 10 nitrogen and oxygen atoms in total. The van der Waals surface area contributed by atoms with Crippen molar-refractivity contribution in [2.75, 3.05) is 19.0 Å². The Morgan fingerprint density at radius 1 is 1.00 bits per heavy atom. The summed E-state index contributed by atoms with van der Waals surface area (Å²) in [5.74, 6) is -1.11. The van der Waals surface area contributed by atoms with Crippen molar-refractivity contribution < 1.29 is 19.4 Å². The van der Waals surface area contributed by atoms with Crippen LogP contribution in [0.4, 0.5) is 5.69 Å². The van der Waals surface area contributed by atoms with Crippen LogP contribution < -0.4 is 20.9 Å². The number of nitrogens with one attached hydrogen (secondary N) is 2. The minimum atomic E-state index is -0.880. The SMILES string of the molecule is COc1nc(-c2cccc(-c3cccc(NC(=O)c4ccnn(C)c4=O)c3Cl)c2Cl)ccc1CNCCC(=O)O. The Morgan fingerprint density at radius 3 is 2.42 bits per heavy atom. The minimum Gasteiger partial charge on any atom is -0.481 e. The molecule has 12 heteroatoms. The Labute approximate surface area is 239 Å². The highest BCUT2D eigenvalue weighted by atomic mass is 35.5. The zero-order chi connectivity index (χ0) is 28.8. The van der Waals surface area contributed by atoms with Crippen LogP contribution in [-0.2, 0) is 18.4 Å². The maximum absolute atomic E-state index is 12.8. The largest absolute Gasteiger partial charge is 0.481 e. The van der Waals surface area contributed by atoms with Crippen LogP contribution in [0, 0.1) is 0 Å². The van der Waals surface area contributed by atoms with Crippen molar-refractivity contribution in [3.63, 3.8) is 0 Å². The lowest BCUT2D eigenvalue weighted by molar-refractivity contribution is -0.136. The molecule has 0 saturated heterocycles. The normalized spacial score (nSPS) is 10.8. The molecule has 0 aliphatic carbocycles. The summed E-state index contributed by atoms with van der Waals surface area (Å²) in [7, 11) is 2.96. The van der Waals surface area contributed by atoms with Crippen molar-refractivity contribution >= 4 is 40.8 Å². The number of carbonyl (C=O) groups is 2. The average molecular weight is 582 g/mol. The van der Waals surface area contributed by atoms with Crippen LogP contribution in [0.25, 0.3) is 22.4 Å². The van der Waals surface area contributed by atoms with Gasteiger partial charge >= 0.3 is 5.97 Å².